The summed E-state index contributed by atoms with van der Waals surface area (Å²) in [6, 6.07) is 15.9. The first-order chi connectivity index (χ1) is 17.6. The van der Waals surface area contributed by atoms with Crippen molar-refractivity contribution in [2.75, 3.05) is 25.7 Å². The van der Waals surface area contributed by atoms with E-state index in [1.165, 1.54) is 38.5 Å². The van der Waals surface area contributed by atoms with Gasteiger partial charge in [-0.3, -0.25) is 9.59 Å². The number of sulfonamides is 1. The molecule has 1 atom stereocenters. The van der Waals surface area contributed by atoms with Crippen molar-refractivity contribution in [1.82, 2.24) is 4.31 Å². The van der Waals surface area contributed by atoms with Crippen LogP contribution in [0.25, 0.3) is 0 Å². The average Bonchev–Trinajstić information content (AvgIpc) is 3.17. The molecule has 1 aliphatic heterocycles. The second-order valence-electron chi connectivity index (χ2n) is 8.27. The third kappa shape index (κ3) is 5.60. The number of imide groups is 1. The molecule has 0 N–H and O–H groups in total. The number of halogens is 2. The highest BCUT2D eigenvalue weighted by atomic mass is 35.5. The summed E-state index contributed by atoms with van der Waals surface area (Å²) in [6.45, 7) is -0.0570. The van der Waals surface area contributed by atoms with Gasteiger partial charge in [0.15, 0.2) is 11.5 Å². The van der Waals surface area contributed by atoms with Crippen LogP contribution < -0.4 is 14.4 Å². The Morgan fingerprint density at radius 1 is 0.892 bits per heavy atom. The monoisotopic (exact) mass is 562 g/mol. The van der Waals surface area contributed by atoms with Crippen LogP contribution in [0.3, 0.4) is 0 Å². The number of amides is 2. The zero-order chi connectivity index (χ0) is 26.7. The molecular weight excluding hydrogens is 539 g/mol. The van der Waals surface area contributed by atoms with E-state index < -0.39 is 27.9 Å². The number of nitrogens with zero attached hydrogens (tertiary/aromatic N) is 2. The van der Waals surface area contributed by atoms with Gasteiger partial charge in [-0.25, -0.2) is 13.3 Å². The molecular formula is C26H24Cl2N2O6S. The van der Waals surface area contributed by atoms with E-state index >= 15 is 0 Å². The molecule has 194 valence electrons. The van der Waals surface area contributed by atoms with Crippen LogP contribution in [-0.4, -0.2) is 51.3 Å². The van der Waals surface area contributed by atoms with Crippen LogP contribution in [0.1, 0.15) is 12.0 Å². The quantitative estimate of drug-likeness (QED) is 0.354. The molecule has 1 heterocycles. The Kier molecular flexibility index (Phi) is 8.08. The molecule has 0 bridgehead atoms. The van der Waals surface area contributed by atoms with Gasteiger partial charge >= 0.3 is 0 Å². The third-order valence-electron chi connectivity index (χ3n) is 6.04. The van der Waals surface area contributed by atoms with Crippen molar-refractivity contribution in [2.45, 2.75) is 23.8 Å². The molecule has 0 aliphatic carbocycles. The number of methoxy groups -OCH3 is 2. The minimum Gasteiger partial charge on any atom is -0.493 e. The van der Waals surface area contributed by atoms with Crippen LogP contribution >= 0.6 is 23.2 Å². The van der Waals surface area contributed by atoms with Crippen molar-refractivity contribution in [1.29, 1.82) is 0 Å². The van der Waals surface area contributed by atoms with E-state index in [-0.39, 0.29) is 24.3 Å². The first-order valence-electron chi connectivity index (χ1n) is 11.3. The van der Waals surface area contributed by atoms with Crippen molar-refractivity contribution in [3.63, 3.8) is 0 Å². The maximum Gasteiger partial charge on any atom is 0.252 e. The van der Waals surface area contributed by atoms with Gasteiger partial charge < -0.3 is 9.47 Å². The number of hydrogen-bond acceptors (Lipinski definition) is 6. The van der Waals surface area contributed by atoms with E-state index in [2.05, 4.69) is 0 Å². The lowest BCUT2D eigenvalue weighted by molar-refractivity contribution is -0.122. The lowest BCUT2D eigenvalue weighted by Crippen LogP contribution is -2.46. The number of carbonyl (C=O) groups is 2. The average molecular weight is 563 g/mol. The number of carbonyl (C=O) groups excluding carboxylic acids is 2. The summed E-state index contributed by atoms with van der Waals surface area (Å²) in [6.07, 6.45) is -0.0354. The van der Waals surface area contributed by atoms with Gasteiger partial charge in [-0.1, -0.05) is 29.3 Å². The van der Waals surface area contributed by atoms with Crippen LogP contribution in [0.5, 0.6) is 11.5 Å². The zero-order valence-electron chi connectivity index (χ0n) is 20.1. The second kappa shape index (κ2) is 11.1. The highest BCUT2D eigenvalue weighted by Gasteiger charge is 2.46. The Hall–Kier alpha value is -3.11. The number of hydrogen-bond donors (Lipinski definition) is 0. The summed E-state index contributed by atoms with van der Waals surface area (Å²) in [5, 5.41) is 0.818. The van der Waals surface area contributed by atoms with Gasteiger partial charge in [0, 0.05) is 16.6 Å². The summed E-state index contributed by atoms with van der Waals surface area (Å²) < 4.78 is 39.2. The molecule has 37 heavy (non-hydrogen) atoms. The minimum atomic E-state index is -4.17. The second-order valence-corrected chi connectivity index (χ2v) is 11.0. The molecule has 3 aromatic carbocycles. The molecule has 11 heteroatoms. The fourth-order valence-electron chi connectivity index (χ4n) is 4.16. The molecule has 1 aliphatic rings. The van der Waals surface area contributed by atoms with E-state index in [0.717, 1.165) is 14.8 Å². The Labute approximate surface area is 225 Å². The van der Waals surface area contributed by atoms with E-state index in [1.54, 1.807) is 42.5 Å². The van der Waals surface area contributed by atoms with Gasteiger partial charge in [0.25, 0.3) is 5.91 Å². The molecule has 0 saturated carbocycles. The van der Waals surface area contributed by atoms with Gasteiger partial charge in [-0.05, 0) is 72.6 Å². The van der Waals surface area contributed by atoms with Crippen LogP contribution in [0, 0.1) is 0 Å². The number of benzene rings is 3. The molecule has 1 fully saturated rings. The highest BCUT2D eigenvalue weighted by molar-refractivity contribution is 7.89. The molecule has 8 nitrogen and oxygen atoms in total. The maximum atomic E-state index is 13.8. The normalized spacial score (nSPS) is 15.9. The molecule has 4 rings (SSSR count). The number of anilines is 1. The van der Waals surface area contributed by atoms with E-state index in [9.17, 15) is 18.0 Å². The Bertz CT molecular complexity index is 1410. The van der Waals surface area contributed by atoms with E-state index in [4.69, 9.17) is 32.7 Å². The van der Waals surface area contributed by atoms with E-state index in [1.807, 2.05) is 0 Å². The Morgan fingerprint density at radius 3 is 2.08 bits per heavy atom. The van der Waals surface area contributed by atoms with Crippen LogP contribution in [0.4, 0.5) is 5.69 Å². The first kappa shape index (κ1) is 26.9. The van der Waals surface area contributed by atoms with Gasteiger partial charge in [-0.2, -0.15) is 4.31 Å². The van der Waals surface area contributed by atoms with Crippen molar-refractivity contribution in [2.24, 2.45) is 0 Å². The summed E-state index contributed by atoms with van der Waals surface area (Å²) in [5.74, 6) is -0.0999. The number of rotatable bonds is 9. The molecule has 3 aromatic rings. The predicted octanol–water partition coefficient (Wildman–Crippen LogP) is 4.58. The van der Waals surface area contributed by atoms with Gasteiger partial charge in [-0.15, -0.1) is 0 Å². The van der Waals surface area contributed by atoms with Gasteiger partial charge in [0.2, 0.25) is 15.9 Å². The zero-order valence-corrected chi connectivity index (χ0v) is 22.4. The fourth-order valence-corrected chi connectivity index (χ4v) is 6.00. The van der Waals surface area contributed by atoms with Crippen LogP contribution in [-0.2, 0) is 26.0 Å². The SMILES string of the molecule is COc1ccc(CCN(C2CC(=O)N(c3ccc(Cl)cc3)C2=O)S(=O)(=O)c2ccc(Cl)cc2)cc1OC. The summed E-state index contributed by atoms with van der Waals surface area (Å²) >= 11 is 11.9. The Balaban J connectivity index is 1.69. The minimum absolute atomic E-state index is 0.0330. The largest absolute Gasteiger partial charge is 0.493 e. The topological polar surface area (TPSA) is 93.2 Å². The molecule has 0 aromatic heterocycles. The highest BCUT2D eigenvalue weighted by Crippen LogP contribution is 2.32. The van der Waals surface area contributed by atoms with E-state index in [0.29, 0.717) is 27.2 Å². The third-order valence-corrected chi connectivity index (χ3v) is 8.47. The number of ether oxygens (including phenoxy) is 2. The summed E-state index contributed by atoms with van der Waals surface area (Å²) in [5.41, 5.74) is 1.09. The van der Waals surface area contributed by atoms with Crippen molar-refractivity contribution >= 4 is 50.7 Å². The van der Waals surface area contributed by atoms with Crippen LogP contribution in [0.15, 0.2) is 71.6 Å². The van der Waals surface area contributed by atoms with Gasteiger partial charge in [0.1, 0.15) is 6.04 Å². The lowest BCUT2D eigenvalue weighted by Gasteiger charge is -2.27. The van der Waals surface area contributed by atoms with Crippen molar-refractivity contribution < 1.29 is 27.5 Å². The Morgan fingerprint density at radius 2 is 1.49 bits per heavy atom. The fraction of sp³-hybridized carbons (Fsp3) is 0.231. The molecule has 2 amide bonds. The van der Waals surface area contributed by atoms with Gasteiger partial charge in [0.05, 0.1) is 31.2 Å². The van der Waals surface area contributed by atoms with Crippen LogP contribution in [0.2, 0.25) is 10.0 Å². The summed E-state index contributed by atoms with van der Waals surface area (Å²) in [7, 11) is -1.14. The molecule has 1 unspecified atom stereocenters. The van der Waals surface area contributed by atoms with Crippen molar-refractivity contribution in [3.05, 3.63) is 82.3 Å². The first-order valence-corrected chi connectivity index (χ1v) is 13.5. The molecule has 0 radical (unpaired) electrons. The predicted molar refractivity (Wildman–Crippen MR) is 141 cm³/mol. The molecule has 1 saturated heterocycles. The lowest BCUT2D eigenvalue weighted by atomic mass is 10.1. The van der Waals surface area contributed by atoms with Crippen molar-refractivity contribution in [3.8, 4) is 11.5 Å². The standard InChI is InChI=1S/C26H24Cl2N2O6S/c1-35-23-12-3-17(15-24(23)36-2)13-14-29(37(33,34)21-10-6-19(28)7-11-21)22-16-25(31)30(26(22)32)20-8-4-18(27)5-9-20/h3-12,15,22H,13-14,16H2,1-2H3. The maximum absolute atomic E-state index is 13.8. The summed E-state index contributed by atoms with van der Waals surface area (Å²) in [4.78, 5) is 27.4. The smallest absolute Gasteiger partial charge is 0.252 e. The molecule has 0 spiro atoms.